The van der Waals surface area contributed by atoms with E-state index in [1.54, 1.807) is 18.5 Å². The van der Waals surface area contributed by atoms with Gasteiger partial charge in [-0.25, -0.2) is 19.9 Å². The zero-order chi connectivity index (χ0) is 19.8. The smallest absolute Gasteiger partial charge is 0.325 e. The molecule has 3 rings (SSSR count). The molecule has 0 saturated heterocycles. The van der Waals surface area contributed by atoms with Crippen molar-refractivity contribution in [2.24, 2.45) is 5.73 Å². The lowest BCUT2D eigenvalue weighted by Crippen LogP contribution is -2.73. The largest absolute Gasteiger partial charge is 0.494 e. The number of hydrogen-bond donors (Lipinski definition) is 4. The van der Waals surface area contributed by atoms with Crippen LogP contribution in [0.2, 0.25) is 0 Å². The van der Waals surface area contributed by atoms with E-state index in [4.69, 9.17) is 10.5 Å². The van der Waals surface area contributed by atoms with Gasteiger partial charge in [-0.05, 0) is 37.3 Å². The molecule has 9 nitrogen and oxygen atoms in total. The minimum Gasteiger partial charge on any atom is -0.494 e. The molecular weight excluding hydrogens is 378 g/mol. The fraction of sp³-hybridized carbons (Fsp3) is 0.167. The van der Waals surface area contributed by atoms with Crippen LogP contribution in [0.4, 0.5) is 11.6 Å². The number of nitrogens with two attached hydrogens (primary N) is 1. The summed E-state index contributed by atoms with van der Waals surface area (Å²) < 4.78 is 5.40. The van der Waals surface area contributed by atoms with Crippen LogP contribution in [0.3, 0.4) is 0 Å². The maximum Gasteiger partial charge on any atom is 0.325 e. The summed E-state index contributed by atoms with van der Waals surface area (Å²) in [6, 6.07) is 10.5. The molecule has 0 radical (unpaired) electrons. The lowest BCUT2D eigenvalue weighted by molar-refractivity contribution is -0.365. The number of benzene rings is 1. The Morgan fingerprint density at radius 1 is 1.29 bits per heavy atom. The summed E-state index contributed by atoms with van der Waals surface area (Å²) in [6.07, 6.45) is 3.32. The summed E-state index contributed by atoms with van der Waals surface area (Å²) >= 11 is 1.39. The van der Waals surface area contributed by atoms with E-state index in [-0.39, 0.29) is 17.5 Å². The normalized spacial score (nSPS) is 11.2. The zero-order valence-electron chi connectivity index (χ0n) is 15.2. The molecule has 0 fully saturated rings. The van der Waals surface area contributed by atoms with Crippen molar-refractivity contribution >= 4 is 29.4 Å². The van der Waals surface area contributed by atoms with Gasteiger partial charge in [0.15, 0.2) is 5.16 Å². The Bertz CT molecular complexity index is 991. The lowest BCUT2D eigenvalue weighted by atomic mass is 10.3. The number of nitrogens with zero attached hydrogens (tertiary/aromatic N) is 3. The molecule has 5 N–H and O–H groups in total. The zero-order valence-corrected chi connectivity index (χ0v) is 16.0. The molecule has 0 saturated carbocycles. The summed E-state index contributed by atoms with van der Waals surface area (Å²) in [4.78, 5) is 30.0. The highest BCUT2D eigenvalue weighted by molar-refractivity contribution is 7.98. The highest BCUT2D eigenvalue weighted by atomic mass is 32.2. The van der Waals surface area contributed by atoms with E-state index in [0.717, 1.165) is 11.4 Å². The average Bonchev–Trinajstić information content (AvgIpc) is 2.68. The second-order valence-electron chi connectivity index (χ2n) is 5.53. The number of nitrogens with one attached hydrogen (secondary N) is 3. The van der Waals surface area contributed by atoms with Crippen molar-refractivity contribution in [3.8, 4) is 5.75 Å². The molecule has 0 aliphatic carbocycles. The molecule has 2 aromatic heterocycles. The molecule has 10 heteroatoms. The van der Waals surface area contributed by atoms with Crippen LogP contribution in [0.25, 0.3) is 0 Å². The molecule has 0 bridgehead atoms. The number of ether oxygens (including phenoxy) is 1. The van der Waals surface area contributed by atoms with Crippen molar-refractivity contribution in [1.29, 1.82) is 0 Å². The predicted octanol–water partition coefficient (Wildman–Crippen LogP) is 0.390. The van der Waals surface area contributed by atoms with Gasteiger partial charge in [0.1, 0.15) is 11.4 Å². The van der Waals surface area contributed by atoms with E-state index in [0.29, 0.717) is 23.2 Å². The lowest BCUT2D eigenvalue weighted by Gasteiger charge is -2.05. The molecule has 28 heavy (non-hydrogen) atoms. The van der Waals surface area contributed by atoms with Crippen molar-refractivity contribution in [1.82, 2.24) is 19.9 Å². The van der Waals surface area contributed by atoms with Gasteiger partial charge in [0, 0.05) is 18.5 Å². The third-order valence-corrected chi connectivity index (χ3v) is 4.29. The summed E-state index contributed by atoms with van der Waals surface area (Å²) in [5.41, 5.74) is 7.04. The second kappa shape index (κ2) is 9.51. The van der Waals surface area contributed by atoms with Crippen molar-refractivity contribution in [2.45, 2.75) is 17.8 Å². The molecule has 0 aliphatic heterocycles. The van der Waals surface area contributed by atoms with E-state index in [9.17, 15) is 4.79 Å². The number of H-pyrrole nitrogens is 1. The molecule has 2 heterocycles. The van der Waals surface area contributed by atoms with Crippen LogP contribution in [0.15, 0.2) is 58.7 Å². The molecule has 0 atom stereocenters. The van der Waals surface area contributed by atoms with Crippen LogP contribution in [0.1, 0.15) is 12.6 Å². The van der Waals surface area contributed by atoms with Gasteiger partial charge in [0.2, 0.25) is 0 Å². The molecule has 3 aromatic rings. The Morgan fingerprint density at radius 3 is 2.75 bits per heavy atom. The first-order valence-corrected chi connectivity index (χ1v) is 9.50. The van der Waals surface area contributed by atoms with Crippen molar-refractivity contribution in [3.05, 3.63) is 64.8 Å². The number of rotatable bonds is 7. The van der Waals surface area contributed by atoms with Gasteiger partial charge in [-0.3, -0.25) is 10.1 Å². The second-order valence-corrected chi connectivity index (χ2v) is 6.47. The summed E-state index contributed by atoms with van der Waals surface area (Å²) in [5.74, 6) is 1.70. The molecule has 0 amide bonds. The molecule has 0 aliphatic rings. The van der Waals surface area contributed by atoms with E-state index in [1.807, 2.05) is 31.2 Å². The van der Waals surface area contributed by atoms with E-state index in [2.05, 4.69) is 30.2 Å². The SMILES string of the molecule is CCOc1ccc(NC(N)=[NH+]c2nc(CSc3ncccn3)cc(=O)[nH]2)cc1. The molecule has 0 unspecified atom stereocenters. The van der Waals surface area contributed by atoms with Crippen LogP contribution in [-0.2, 0) is 5.75 Å². The van der Waals surface area contributed by atoms with Gasteiger partial charge in [-0.2, -0.15) is 0 Å². The third kappa shape index (κ3) is 5.81. The summed E-state index contributed by atoms with van der Waals surface area (Å²) in [6.45, 7) is 2.53. The molecule has 0 spiro atoms. The van der Waals surface area contributed by atoms with E-state index in [1.165, 1.54) is 17.8 Å². The van der Waals surface area contributed by atoms with Gasteiger partial charge in [-0.1, -0.05) is 11.8 Å². The topological polar surface area (TPSA) is 133 Å². The first-order chi connectivity index (χ1) is 13.6. The van der Waals surface area contributed by atoms with Crippen LogP contribution < -0.4 is 26.3 Å². The molecular formula is C18H20N7O2S+. The number of aromatic nitrogens is 4. The van der Waals surface area contributed by atoms with Gasteiger partial charge in [-0.15, -0.1) is 4.98 Å². The fourth-order valence-corrected chi connectivity index (χ4v) is 2.95. The highest BCUT2D eigenvalue weighted by Gasteiger charge is 2.08. The van der Waals surface area contributed by atoms with Crippen LogP contribution >= 0.6 is 11.8 Å². The maximum absolute atomic E-state index is 11.9. The number of anilines is 1. The number of aromatic amines is 1. The first-order valence-electron chi connectivity index (χ1n) is 8.52. The van der Waals surface area contributed by atoms with E-state index < -0.39 is 0 Å². The minimum atomic E-state index is -0.282. The Hall–Kier alpha value is -3.40. The monoisotopic (exact) mass is 398 g/mol. The summed E-state index contributed by atoms with van der Waals surface area (Å²) in [5, 5.41) is 3.61. The standard InChI is InChI=1S/C18H19N7O2S/c1-2-27-14-6-4-12(5-7-14)22-16(19)25-17-23-13(10-15(26)24-17)11-28-18-20-8-3-9-21-18/h3-10H,2,11H2,1H3,(H4,19,22,23,24,25,26)/p+1. The predicted molar refractivity (Wildman–Crippen MR) is 108 cm³/mol. The fourth-order valence-electron chi connectivity index (χ4n) is 2.25. The van der Waals surface area contributed by atoms with Crippen LogP contribution in [-0.4, -0.2) is 32.5 Å². The number of hydrogen-bond acceptors (Lipinski definition) is 6. The maximum atomic E-state index is 11.9. The first kappa shape index (κ1) is 19.4. The Kier molecular flexibility index (Phi) is 6.58. The Labute approximate surface area is 165 Å². The summed E-state index contributed by atoms with van der Waals surface area (Å²) in [7, 11) is 0. The molecule has 144 valence electrons. The van der Waals surface area contributed by atoms with Gasteiger partial charge >= 0.3 is 5.95 Å². The van der Waals surface area contributed by atoms with Crippen LogP contribution in [0, 0.1) is 0 Å². The van der Waals surface area contributed by atoms with Gasteiger partial charge in [0.25, 0.3) is 11.5 Å². The minimum absolute atomic E-state index is 0.225. The highest BCUT2D eigenvalue weighted by Crippen LogP contribution is 2.16. The third-order valence-electron chi connectivity index (χ3n) is 3.38. The quantitative estimate of drug-likeness (QED) is 0.194. The van der Waals surface area contributed by atoms with Gasteiger partial charge < -0.3 is 10.5 Å². The number of guanidine groups is 1. The van der Waals surface area contributed by atoms with Gasteiger partial charge in [0.05, 0.1) is 18.0 Å². The Morgan fingerprint density at radius 2 is 2.04 bits per heavy atom. The Balaban J connectivity index is 1.68. The van der Waals surface area contributed by atoms with Crippen molar-refractivity contribution in [3.63, 3.8) is 0 Å². The molecule has 1 aromatic carbocycles. The van der Waals surface area contributed by atoms with Crippen molar-refractivity contribution < 1.29 is 9.73 Å². The number of thioether (sulfide) groups is 1. The average molecular weight is 398 g/mol. The van der Waals surface area contributed by atoms with Crippen LogP contribution in [0.5, 0.6) is 5.75 Å². The van der Waals surface area contributed by atoms with E-state index >= 15 is 0 Å². The van der Waals surface area contributed by atoms with Crippen molar-refractivity contribution in [2.75, 3.05) is 11.9 Å².